The standard InChI is InChI=1S/C38H32N2O3S2/c1-24(36-37(43)39(23-35(41)42)38(44)45-36)28-17-20-34-32(22-28)30-13-8-14-33(30)40(34)29-18-15-25(16-19-29)21-31(26-9-4-2-5-10-26)27-11-6-3-7-12-27/h2-7,9-12,15-22,30,33H,8,13-14,23H2,1H3,(H,41,42)/b36-24-. The topological polar surface area (TPSA) is 60.9 Å². The lowest BCUT2D eigenvalue weighted by Gasteiger charge is -2.27. The lowest BCUT2D eigenvalue weighted by molar-refractivity contribution is -0.140. The molecular weight excluding hydrogens is 597 g/mol. The highest BCUT2D eigenvalue weighted by Crippen LogP contribution is 2.53. The second kappa shape index (κ2) is 12.1. The lowest BCUT2D eigenvalue weighted by atomic mass is 9.94. The first-order chi connectivity index (χ1) is 21.9. The van der Waals surface area contributed by atoms with E-state index in [-0.39, 0.29) is 10.2 Å². The van der Waals surface area contributed by atoms with Crippen LogP contribution in [0.25, 0.3) is 17.2 Å². The van der Waals surface area contributed by atoms with Crippen molar-refractivity contribution in [2.45, 2.75) is 38.1 Å². The molecule has 0 spiro atoms. The molecule has 2 heterocycles. The third-order valence-electron chi connectivity index (χ3n) is 9.07. The molecule has 3 aliphatic rings. The van der Waals surface area contributed by atoms with E-state index in [2.05, 4.69) is 102 Å². The van der Waals surface area contributed by atoms with Crippen LogP contribution in [-0.4, -0.2) is 38.8 Å². The first-order valence-corrected chi connectivity index (χ1v) is 16.4. The number of allylic oxidation sites excluding steroid dienone is 1. The SMILES string of the molecule is C/C(=C1/SC(=S)N(CC(=O)O)C1=O)c1ccc2c(c1)C1CCCC1N2c1ccc(C=C(c2ccccc2)c2ccccc2)cc1. The summed E-state index contributed by atoms with van der Waals surface area (Å²) in [6.45, 7) is 1.51. The normalized spacial score (nSPS) is 19.8. The third-order valence-corrected chi connectivity index (χ3v) is 10.6. The minimum absolute atomic E-state index is 0.290. The van der Waals surface area contributed by atoms with Gasteiger partial charge in [-0.15, -0.1) is 0 Å². The van der Waals surface area contributed by atoms with Crippen LogP contribution in [0.1, 0.15) is 59.9 Å². The lowest BCUT2D eigenvalue weighted by Crippen LogP contribution is -2.33. The Morgan fingerprint density at radius 2 is 1.58 bits per heavy atom. The van der Waals surface area contributed by atoms with Gasteiger partial charge in [0.15, 0.2) is 0 Å². The number of amides is 1. The van der Waals surface area contributed by atoms with Crippen molar-refractivity contribution >= 4 is 68.8 Å². The van der Waals surface area contributed by atoms with E-state index in [1.54, 1.807) is 0 Å². The molecule has 0 aromatic heterocycles. The zero-order valence-corrected chi connectivity index (χ0v) is 26.5. The van der Waals surface area contributed by atoms with Crippen molar-refractivity contribution in [2.75, 3.05) is 11.4 Å². The number of aliphatic carboxylic acids is 1. The van der Waals surface area contributed by atoms with Gasteiger partial charge in [-0.05, 0) is 89.1 Å². The predicted octanol–water partition coefficient (Wildman–Crippen LogP) is 8.74. The number of rotatable bonds is 7. The maximum Gasteiger partial charge on any atom is 0.323 e. The van der Waals surface area contributed by atoms with Crippen molar-refractivity contribution in [2.24, 2.45) is 0 Å². The van der Waals surface area contributed by atoms with E-state index in [1.807, 2.05) is 19.1 Å². The van der Waals surface area contributed by atoms with Gasteiger partial charge < -0.3 is 10.0 Å². The predicted molar refractivity (Wildman–Crippen MR) is 187 cm³/mol. The summed E-state index contributed by atoms with van der Waals surface area (Å²) < 4.78 is 0.290. The molecule has 2 atom stereocenters. The number of carbonyl (C=O) groups is 2. The molecule has 224 valence electrons. The molecule has 45 heavy (non-hydrogen) atoms. The van der Waals surface area contributed by atoms with Crippen LogP contribution in [0.3, 0.4) is 0 Å². The molecule has 2 fully saturated rings. The molecule has 0 bridgehead atoms. The Bertz CT molecular complexity index is 1820. The van der Waals surface area contributed by atoms with E-state index in [0.717, 1.165) is 29.5 Å². The number of hydrogen-bond donors (Lipinski definition) is 1. The summed E-state index contributed by atoms with van der Waals surface area (Å²) in [5, 5.41) is 9.22. The van der Waals surface area contributed by atoms with Crippen LogP contribution >= 0.6 is 24.0 Å². The highest BCUT2D eigenvalue weighted by molar-refractivity contribution is 8.26. The van der Waals surface area contributed by atoms with Crippen molar-refractivity contribution < 1.29 is 14.7 Å². The number of hydrogen-bond acceptors (Lipinski definition) is 5. The first kappa shape index (κ1) is 29.3. The number of carboxylic acid groups (broad SMARTS) is 1. The summed E-state index contributed by atoms with van der Waals surface area (Å²) >= 11 is 6.52. The number of nitrogens with zero attached hydrogens (tertiary/aromatic N) is 2. The van der Waals surface area contributed by atoms with Crippen LogP contribution < -0.4 is 4.90 Å². The van der Waals surface area contributed by atoms with E-state index in [4.69, 9.17) is 12.2 Å². The molecule has 4 aromatic rings. The van der Waals surface area contributed by atoms with Gasteiger partial charge >= 0.3 is 5.97 Å². The Balaban J connectivity index is 1.21. The van der Waals surface area contributed by atoms with Crippen molar-refractivity contribution in [3.8, 4) is 0 Å². The number of anilines is 2. The molecule has 1 saturated carbocycles. The summed E-state index contributed by atoms with van der Waals surface area (Å²) in [5.74, 6) is -0.980. The van der Waals surface area contributed by atoms with Crippen LogP contribution in [0.5, 0.6) is 0 Å². The van der Waals surface area contributed by atoms with Gasteiger partial charge in [0, 0.05) is 23.3 Å². The van der Waals surface area contributed by atoms with Crippen molar-refractivity contribution in [3.05, 3.63) is 136 Å². The van der Waals surface area contributed by atoms with Gasteiger partial charge in [0.25, 0.3) is 5.91 Å². The number of thiocarbonyl (C=S) groups is 1. The molecule has 7 rings (SSSR count). The smallest absolute Gasteiger partial charge is 0.323 e. The summed E-state index contributed by atoms with van der Waals surface area (Å²) in [7, 11) is 0. The molecule has 1 aliphatic carbocycles. The number of fused-ring (bicyclic) bond motifs is 3. The van der Waals surface area contributed by atoms with Gasteiger partial charge in [0.1, 0.15) is 10.9 Å². The van der Waals surface area contributed by atoms with E-state index in [1.165, 1.54) is 56.7 Å². The van der Waals surface area contributed by atoms with Crippen LogP contribution in [-0.2, 0) is 9.59 Å². The maximum absolute atomic E-state index is 13.1. The minimum atomic E-state index is -1.08. The quantitative estimate of drug-likeness (QED) is 0.125. The van der Waals surface area contributed by atoms with Crippen LogP contribution in [0, 0.1) is 0 Å². The Kier molecular flexibility index (Phi) is 7.90. The molecule has 0 radical (unpaired) electrons. The Morgan fingerprint density at radius 3 is 2.22 bits per heavy atom. The zero-order valence-electron chi connectivity index (χ0n) is 24.9. The molecule has 2 aliphatic heterocycles. The largest absolute Gasteiger partial charge is 0.480 e. The molecule has 4 aromatic carbocycles. The molecule has 2 unspecified atom stereocenters. The van der Waals surface area contributed by atoms with Gasteiger partial charge in [-0.2, -0.15) is 0 Å². The fraction of sp³-hybridized carbons (Fsp3) is 0.184. The Hall–Kier alpha value is -4.46. The summed E-state index contributed by atoms with van der Waals surface area (Å²) in [6, 6.07) is 36.8. The number of thioether (sulfide) groups is 1. The minimum Gasteiger partial charge on any atom is -0.480 e. The highest BCUT2D eigenvalue weighted by atomic mass is 32.2. The molecule has 7 heteroatoms. The van der Waals surface area contributed by atoms with Gasteiger partial charge in [-0.1, -0.05) is 109 Å². The van der Waals surface area contributed by atoms with Gasteiger partial charge in [0.05, 0.1) is 4.91 Å². The summed E-state index contributed by atoms with van der Waals surface area (Å²) in [4.78, 5) is 28.5. The van der Waals surface area contributed by atoms with E-state index >= 15 is 0 Å². The summed E-state index contributed by atoms with van der Waals surface area (Å²) in [5.41, 5.74) is 10.2. The zero-order chi connectivity index (χ0) is 31.1. The van der Waals surface area contributed by atoms with Gasteiger partial charge in [-0.3, -0.25) is 14.5 Å². The van der Waals surface area contributed by atoms with E-state index in [0.29, 0.717) is 16.9 Å². The fourth-order valence-corrected chi connectivity index (χ4v) is 8.22. The average molecular weight is 629 g/mol. The highest BCUT2D eigenvalue weighted by Gasteiger charge is 2.42. The van der Waals surface area contributed by atoms with Crippen molar-refractivity contribution in [3.63, 3.8) is 0 Å². The average Bonchev–Trinajstić information content (AvgIpc) is 3.74. The van der Waals surface area contributed by atoms with Gasteiger partial charge in [0.2, 0.25) is 0 Å². The summed E-state index contributed by atoms with van der Waals surface area (Å²) in [6.07, 6.45) is 5.71. The van der Waals surface area contributed by atoms with Crippen molar-refractivity contribution in [1.82, 2.24) is 4.90 Å². The fourth-order valence-electron chi connectivity index (χ4n) is 6.92. The first-order valence-electron chi connectivity index (χ1n) is 15.2. The van der Waals surface area contributed by atoms with E-state index < -0.39 is 12.5 Å². The molecule has 1 N–H and O–H groups in total. The second-order valence-electron chi connectivity index (χ2n) is 11.7. The Morgan fingerprint density at radius 1 is 0.911 bits per heavy atom. The molecule has 1 saturated heterocycles. The molecular formula is C38H32N2O3S2. The number of benzene rings is 4. The van der Waals surface area contributed by atoms with Gasteiger partial charge in [-0.25, -0.2) is 0 Å². The molecule has 5 nitrogen and oxygen atoms in total. The van der Waals surface area contributed by atoms with Crippen LogP contribution in [0.15, 0.2) is 108 Å². The third kappa shape index (κ3) is 5.51. The number of carbonyl (C=O) groups excluding carboxylic acids is 1. The second-order valence-corrected chi connectivity index (χ2v) is 13.4. The van der Waals surface area contributed by atoms with E-state index in [9.17, 15) is 14.7 Å². The molecule has 1 amide bonds. The maximum atomic E-state index is 13.1. The van der Waals surface area contributed by atoms with Crippen molar-refractivity contribution in [1.29, 1.82) is 0 Å². The van der Waals surface area contributed by atoms with Crippen LogP contribution in [0.2, 0.25) is 0 Å². The number of carboxylic acids is 1. The van der Waals surface area contributed by atoms with Crippen LogP contribution in [0.4, 0.5) is 11.4 Å². The monoisotopic (exact) mass is 628 g/mol. The Labute approximate surface area is 272 Å².